The first-order valence-electron chi connectivity index (χ1n) is 6.40. The monoisotopic (exact) mass is 242 g/mol. The van der Waals surface area contributed by atoms with Crippen molar-refractivity contribution < 1.29 is 0 Å². The summed E-state index contributed by atoms with van der Waals surface area (Å²) in [7, 11) is 1.96. The number of rotatable bonds is 3. The van der Waals surface area contributed by atoms with Crippen LogP contribution in [0.5, 0.6) is 0 Å². The molecule has 1 aliphatic carbocycles. The van der Waals surface area contributed by atoms with Crippen molar-refractivity contribution in [2.24, 2.45) is 7.05 Å². The Morgan fingerprint density at radius 2 is 2.39 bits per heavy atom. The van der Waals surface area contributed by atoms with Gasteiger partial charge in [-0.05, 0) is 31.4 Å². The minimum absolute atomic E-state index is 0.390. The molecule has 0 aliphatic heterocycles. The maximum atomic E-state index is 4.50. The zero-order valence-corrected chi connectivity index (χ0v) is 10.8. The van der Waals surface area contributed by atoms with Crippen LogP contribution in [0.2, 0.25) is 0 Å². The van der Waals surface area contributed by atoms with E-state index in [0.29, 0.717) is 6.04 Å². The van der Waals surface area contributed by atoms with Crippen molar-refractivity contribution in [2.45, 2.75) is 32.4 Å². The fourth-order valence-electron chi connectivity index (χ4n) is 2.67. The first-order valence-corrected chi connectivity index (χ1v) is 6.40. The van der Waals surface area contributed by atoms with Crippen molar-refractivity contribution >= 4 is 0 Å². The van der Waals surface area contributed by atoms with Crippen LogP contribution in [0.3, 0.4) is 0 Å². The number of nitrogens with zero attached hydrogens (tertiary/aromatic N) is 3. The molecule has 4 nitrogen and oxygen atoms in total. The predicted molar refractivity (Wildman–Crippen MR) is 70.1 cm³/mol. The molecule has 0 amide bonds. The highest BCUT2D eigenvalue weighted by Gasteiger charge is 2.23. The van der Waals surface area contributed by atoms with Crippen LogP contribution in [-0.4, -0.2) is 14.8 Å². The summed E-state index contributed by atoms with van der Waals surface area (Å²) in [6, 6.07) is 4.59. The van der Waals surface area contributed by atoms with Gasteiger partial charge < -0.3 is 5.32 Å². The fourth-order valence-corrected chi connectivity index (χ4v) is 2.67. The van der Waals surface area contributed by atoms with Crippen molar-refractivity contribution in [2.75, 3.05) is 0 Å². The van der Waals surface area contributed by atoms with E-state index in [0.717, 1.165) is 25.1 Å². The topological polar surface area (TPSA) is 42.7 Å². The van der Waals surface area contributed by atoms with Crippen molar-refractivity contribution in [3.05, 3.63) is 47.0 Å². The van der Waals surface area contributed by atoms with Crippen LogP contribution in [-0.2, 0) is 20.0 Å². The van der Waals surface area contributed by atoms with E-state index >= 15 is 0 Å². The van der Waals surface area contributed by atoms with E-state index in [4.69, 9.17) is 0 Å². The summed E-state index contributed by atoms with van der Waals surface area (Å²) < 4.78 is 1.87. The predicted octanol–water partition coefficient (Wildman–Crippen LogP) is 1.90. The third-order valence-electron chi connectivity index (χ3n) is 3.61. The van der Waals surface area contributed by atoms with E-state index < -0.39 is 0 Å². The van der Waals surface area contributed by atoms with Crippen molar-refractivity contribution in [3.8, 4) is 0 Å². The van der Waals surface area contributed by atoms with E-state index in [-0.39, 0.29) is 0 Å². The molecular formula is C14H18N4. The molecule has 3 rings (SSSR count). The van der Waals surface area contributed by atoms with Crippen LogP contribution in [0.1, 0.15) is 35.0 Å². The molecule has 1 aliphatic rings. The summed E-state index contributed by atoms with van der Waals surface area (Å²) in [5.41, 5.74) is 4.98. The lowest BCUT2D eigenvalue weighted by molar-refractivity contribution is 0.520. The lowest BCUT2D eigenvalue weighted by atomic mass is 10.2. The van der Waals surface area contributed by atoms with Crippen LogP contribution >= 0.6 is 0 Å². The molecule has 0 aromatic carbocycles. The molecule has 2 aromatic rings. The molecule has 0 fully saturated rings. The Morgan fingerprint density at radius 1 is 1.50 bits per heavy atom. The summed E-state index contributed by atoms with van der Waals surface area (Å²) in [6.45, 7) is 2.91. The number of hydrogen-bond donors (Lipinski definition) is 1. The van der Waals surface area contributed by atoms with Gasteiger partial charge in [-0.1, -0.05) is 6.07 Å². The van der Waals surface area contributed by atoms with Crippen molar-refractivity contribution in [1.82, 2.24) is 20.1 Å². The lowest BCUT2D eigenvalue weighted by Crippen LogP contribution is -2.19. The third-order valence-corrected chi connectivity index (χ3v) is 3.61. The molecule has 94 valence electrons. The SMILES string of the molecule is Cc1nn(C)cc1CNC1CCc2cccnc21. The molecule has 1 N–H and O–H groups in total. The first kappa shape index (κ1) is 11.4. The summed E-state index contributed by atoms with van der Waals surface area (Å²) in [5, 5.41) is 7.95. The molecule has 1 unspecified atom stereocenters. The highest BCUT2D eigenvalue weighted by atomic mass is 15.3. The molecule has 4 heteroatoms. The second-order valence-electron chi connectivity index (χ2n) is 4.93. The number of pyridine rings is 1. The van der Waals surface area contributed by atoms with Gasteiger partial charge in [-0.25, -0.2) is 0 Å². The van der Waals surface area contributed by atoms with Gasteiger partial charge in [0.2, 0.25) is 0 Å². The van der Waals surface area contributed by atoms with Gasteiger partial charge in [0.1, 0.15) is 0 Å². The zero-order valence-electron chi connectivity index (χ0n) is 10.8. The molecule has 0 bridgehead atoms. The number of hydrogen-bond acceptors (Lipinski definition) is 3. The largest absolute Gasteiger partial charge is 0.304 e. The van der Waals surface area contributed by atoms with E-state index in [9.17, 15) is 0 Å². The van der Waals surface area contributed by atoms with Gasteiger partial charge in [0.05, 0.1) is 17.4 Å². The van der Waals surface area contributed by atoms with E-state index in [1.165, 1.54) is 16.8 Å². The van der Waals surface area contributed by atoms with Gasteiger partial charge in [-0.3, -0.25) is 9.67 Å². The molecule has 0 radical (unpaired) electrons. The smallest absolute Gasteiger partial charge is 0.0638 e. The Balaban J connectivity index is 1.70. The Morgan fingerprint density at radius 3 is 3.17 bits per heavy atom. The van der Waals surface area contributed by atoms with Crippen LogP contribution in [0, 0.1) is 6.92 Å². The number of nitrogens with one attached hydrogen (secondary N) is 1. The quantitative estimate of drug-likeness (QED) is 0.894. The van der Waals surface area contributed by atoms with Gasteiger partial charge in [0.25, 0.3) is 0 Å². The molecule has 0 spiro atoms. The minimum Gasteiger partial charge on any atom is -0.304 e. The second kappa shape index (κ2) is 4.53. The van der Waals surface area contributed by atoms with E-state index in [1.807, 2.05) is 24.0 Å². The van der Waals surface area contributed by atoms with Crippen LogP contribution < -0.4 is 5.32 Å². The lowest BCUT2D eigenvalue weighted by Gasteiger charge is -2.12. The van der Waals surface area contributed by atoms with E-state index in [1.54, 1.807) is 0 Å². The van der Waals surface area contributed by atoms with Crippen LogP contribution in [0.15, 0.2) is 24.5 Å². The highest BCUT2D eigenvalue weighted by Crippen LogP contribution is 2.29. The first-order chi connectivity index (χ1) is 8.74. The van der Waals surface area contributed by atoms with Gasteiger partial charge in [0.15, 0.2) is 0 Å². The van der Waals surface area contributed by atoms with E-state index in [2.05, 4.69) is 34.6 Å². The average Bonchev–Trinajstić information content (AvgIpc) is 2.90. The summed E-state index contributed by atoms with van der Waals surface area (Å²) >= 11 is 0. The van der Waals surface area contributed by atoms with Crippen LogP contribution in [0.4, 0.5) is 0 Å². The van der Waals surface area contributed by atoms with Crippen LogP contribution in [0.25, 0.3) is 0 Å². The number of aromatic nitrogens is 3. The number of aryl methyl sites for hydroxylation is 3. The molecular weight excluding hydrogens is 224 g/mol. The molecule has 0 saturated heterocycles. The third kappa shape index (κ3) is 2.04. The Bertz CT molecular complexity index is 559. The van der Waals surface area contributed by atoms with Gasteiger partial charge >= 0.3 is 0 Å². The average molecular weight is 242 g/mol. The summed E-state index contributed by atoms with van der Waals surface area (Å²) in [5.74, 6) is 0. The maximum Gasteiger partial charge on any atom is 0.0638 e. The molecule has 0 saturated carbocycles. The van der Waals surface area contributed by atoms with Gasteiger partial charge in [-0.15, -0.1) is 0 Å². The highest BCUT2D eigenvalue weighted by molar-refractivity contribution is 5.28. The number of fused-ring (bicyclic) bond motifs is 1. The standard InChI is InChI=1S/C14H18N4/c1-10-12(9-18(2)17-10)8-16-13-6-5-11-4-3-7-15-14(11)13/h3-4,7,9,13,16H,5-6,8H2,1-2H3. The fraction of sp³-hybridized carbons (Fsp3) is 0.429. The molecule has 2 heterocycles. The zero-order chi connectivity index (χ0) is 12.5. The molecule has 2 aromatic heterocycles. The van der Waals surface area contributed by atoms with Crippen molar-refractivity contribution in [3.63, 3.8) is 0 Å². The summed E-state index contributed by atoms with van der Waals surface area (Å²) in [4.78, 5) is 4.50. The molecule has 1 atom stereocenters. The Kier molecular flexibility index (Phi) is 2.88. The second-order valence-corrected chi connectivity index (χ2v) is 4.93. The summed E-state index contributed by atoms with van der Waals surface area (Å²) in [6.07, 6.45) is 6.24. The van der Waals surface area contributed by atoms with Crippen molar-refractivity contribution in [1.29, 1.82) is 0 Å². The maximum absolute atomic E-state index is 4.50. The Hall–Kier alpha value is -1.68. The molecule has 18 heavy (non-hydrogen) atoms. The normalized spacial score (nSPS) is 18.0. The Labute approximate surface area is 107 Å². The van der Waals surface area contributed by atoms with Gasteiger partial charge in [0, 0.05) is 31.5 Å². The van der Waals surface area contributed by atoms with Gasteiger partial charge in [-0.2, -0.15) is 5.10 Å². The minimum atomic E-state index is 0.390.